The third kappa shape index (κ3) is 3.83. The number of esters is 1. The molecule has 0 aliphatic carbocycles. The maximum Gasteiger partial charge on any atom is 0.338 e. The first kappa shape index (κ1) is 20.2. The number of rotatable bonds is 5. The monoisotopic (exact) mass is 402 g/mol. The Balaban J connectivity index is 2.65. The second-order valence-corrected chi connectivity index (χ2v) is 6.64. The van der Waals surface area contributed by atoms with Gasteiger partial charge in [-0.2, -0.15) is 0 Å². The fourth-order valence-electron chi connectivity index (χ4n) is 2.69. The van der Waals surface area contributed by atoms with Gasteiger partial charge >= 0.3 is 12.0 Å². The van der Waals surface area contributed by atoms with Crippen LogP contribution < -0.4 is 20.1 Å². The van der Waals surface area contributed by atoms with Gasteiger partial charge in [0.25, 0.3) is 0 Å². The maximum atomic E-state index is 12.6. The smallest absolute Gasteiger partial charge is 0.338 e. The number of nitrogens with one attached hydrogen (secondary N) is 2. The molecule has 2 N–H and O–H groups in total. The molecule has 1 aromatic carbocycles. The summed E-state index contributed by atoms with van der Waals surface area (Å²) < 4.78 is 15.9. The van der Waals surface area contributed by atoms with E-state index in [0.29, 0.717) is 11.3 Å². The zero-order chi connectivity index (χ0) is 19.6. The van der Waals surface area contributed by atoms with Crippen LogP contribution in [0.3, 0.4) is 0 Å². The lowest BCUT2D eigenvalue weighted by Crippen LogP contribution is -2.45. The summed E-state index contributed by atoms with van der Waals surface area (Å²) in [7, 11) is 2.84. The molecular formula is C17H20Cl2N2O5. The van der Waals surface area contributed by atoms with Crippen LogP contribution in [0.4, 0.5) is 4.79 Å². The van der Waals surface area contributed by atoms with E-state index in [1.807, 2.05) is 0 Å². The summed E-state index contributed by atoms with van der Waals surface area (Å²) in [6.45, 7) is 5.08. The lowest BCUT2D eigenvalue weighted by atomic mass is 9.94. The highest BCUT2D eigenvalue weighted by Gasteiger charge is 2.36. The molecule has 0 saturated carbocycles. The van der Waals surface area contributed by atoms with Gasteiger partial charge in [-0.25, -0.2) is 9.59 Å². The molecule has 0 spiro atoms. The van der Waals surface area contributed by atoms with Crippen LogP contribution in [0.25, 0.3) is 0 Å². The highest BCUT2D eigenvalue weighted by molar-refractivity contribution is 6.38. The zero-order valence-electron chi connectivity index (χ0n) is 15.0. The Bertz CT molecular complexity index is 777. The van der Waals surface area contributed by atoms with E-state index >= 15 is 0 Å². The van der Waals surface area contributed by atoms with Gasteiger partial charge < -0.3 is 24.8 Å². The SMILES string of the molecule is COc1c(Cl)cc(C2NC(=O)NC(C)=C2C(=O)OC(C)C)c(OC)c1Cl. The number of hydrogen-bond donors (Lipinski definition) is 2. The number of benzene rings is 1. The summed E-state index contributed by atoms with van der Waals surface area (Å²) in [5.41, 5.74) is 1.01. The molecule has 0 saturated heterocycles. The normalized spacial score (nSPS) is 16.9. The lowest BCUT2D eigenvalue weighted by Gasteiger charge is -2.30. The van der Waals surface area contributed by atoms with Crippen molar-refractivity contribution in [3.63, 3.8) is 0 Å². The van der Waals surface area contributed by atoms with Crippen LogP contribution in [-0.4, -0.2) is 32.3 Å². The molecule has 0 bridgehead atoms. The summed E-state index contributed by atoms with van der Waals surface area (Å²) in [6.07, 6.45) is -0.328. The maximum absolute atomic E-state index is 12.6. The summed E-state index contributed by atoms with van der Waals surface area (Å²) in [5.74, 6) is -0.0934. The van der Waals surface area contributed by atoms with Crippen molar-refractivity contribution >= 4 is 35.2 Å². The minimum atomic E-state index is -0.856. The van der Waals surface area contributed by atoms with Gasteiger partial charge in [-0.15, -0.1) is 0 Å². The Morgan fingerprint density at radius 2 is 1.81 bits per heavy atom. The van der Waals surface area contributed by atoms with Crippen molar-refractivity contribution < 1.29 is 23.8 Å². The van der Waals surface area contributed by atoms with E-state index < -0.39 is 18.0 Å². The molecule has 142 valence electrons. The first-order chi connectivity index (χ1) is 12.2. The number of allylic oxidation sites excluding steroid dienone is 1. The number of carbonyl (C=O) groups is 2. The number of methoxy groups -OCH3 is 2. The third-order valence-corrected chi connectivity index (χ3v) is 4.34. The minimum Gasteiger partial charge on any atom is -0.495 e. The topological polar surface area (TPSA) is 85.9 Å². The predicted molar refractivity (Wildman–Crippen MR) is 97.9 cm³/mol. The molecule has 1 unspecified atom stereocenters. The quantitative estimate of drug-likeness (QED) is 0.734. The van der Waals surface area contributed by atoms with Gasteiger partial charge in [-0.1, -0.05) is 23.2 Å². The summed E-state index contributed by atoms with van der Waals surface area (Å²) >= 11 is 12.6. The molecule has 1 atom stereocenters. The van der Waals surface area contributed by atoms with Crippen LogP contribution in [0.2, 0.25) is 10.0 Å². The number of amides is 2. The molecule has 0 fully saturated rings. The van der Waals surface area contributed by atoms with Crippen molar-refractivity contribution in [3.8, 4) is 11.5 Å². The Morgan fingerprint density at radius 3 is 2.35 bits per heavy atom. The van der Waals surface area contributed by atoms with Crippen LogP contribution in [0.15, 0.2) is 17.3 Å². The minimum absolute atomic E-state index is 0.138. The van der Waals surface area contributed by atoms with E-state index in [1.54, 1.807) is 20.8 Å². The van der Waals surface area contributed by atoms with Gasteiger partial charge in [0.05, 0.1) is 37.0 Å². The number of ether oxygens (including phenoxy) is 3. The van der Waals surface area contributed by atoms with E-state index in [0.717, 1.165) is 0 Å². The van der Waals surface area contributed by atoms with Gasteiger partial charge in [0, 0.05) is 11.3 Å². The van der Waals surface area contributed by atoms with Crippen LogP contribution in [0.5, 0.6) is 11.5 Å². The molecule has 26 heavy (non-hydrogen) atoms. The zero-order valence-corrected chi connectivity index (χ0v) is 16.5. The summed E-state index contributed by atoms with van der Waals surface area (Å²) in [6, 6.07) is 0.210. The van der Waals surface area contributed by atoms with Gasteiger partial charge in [-0.05, 0) is 26.8 Å². The Morgan fingerprint density at radius 1 is 1.19 bits per heavy atom. The number of urea groups is 1. The first-order valence-corrected chi connectivity index (χ1v) is 8.55. The molecular weight excluding hydrogens is 383 g/mol. The second kappa shape index (κ2) is 8.05. The molecule has 7 nitrogen and oxygen atoms in total. The van der Waals surface area contributed by atoms with Gasteiger partial charge in [0.2, 0.25) is 0 Å². The number of carbonyl (C=O) groups excluding carboxylic acids is 2. The fourth-order valence-corrected chi connectivity index (χ4v) is 3.39. The van der Waals surface area contributed by atoms with Gasteiger partial charge in [0.1, 0.15) is 10.8 Å². The Labute approximate surface area is 161 Å². The highest BCUT2D eigenvalue weighted by atomic mass is 35.5. The second-order valence-electron chi connectivity index (χ2n) is 5.85. The van der Waals surface area contributed by atoms with Gasteiger partial charge in [-0.3, -0.25) is 0 Å². The Kier molecular flexibility index (Phi) is 6.26. The Hall–Kier alpha value is -2.12. The standard InChI is InChI=1S/C17H20Cl2N2O5/c1-7(2)26-16(22)11-8(3)20-17(23)21-13(11)9-6-10(18)15(25-5)12(19)14(9)24-4/h6-7,13H,1-5H3,(H2,20,21,23). The largest absolute Gasteiger partial charge is 0.495 e. The third-order valence-electron chi connectivity index (χ3n) is 3.71. The van der Waals surface area contributed by atoms with Crippen LogP contribution in [0, 0.1) is 0 Å². The molecule has 1 aliphatic rings. The number of halogens is 2. The van der Waals surface area contributed by atoms with E-state index in [4.69, 9.17) is 37.4 Å². The van der Waals surface area contributed by atoms with Crippen molar-refractivity contribution in [2.24, 2.45) is 0 Å². The van der Waals surface area contributed by atoms with Crippen LogP contribution in [-0.2, 0) is 9.53 Å². The summed E-state index contributed by atoms with van der Waals surface area (Å²) in [4.78, 5) is 24.6. The molecule has 1 heterocycles. The van der Waals surface area contributed by atoms with Crippen molar-refractivity contribution in [3.05, 3.63) is 32.9 Å². The molecule has 1 aromatic rings. The highest BCUT2D eigenvalue weighted by Crippen LogP contribution is 2.46. The molecule has 0 aromatic heterocycles. The molecule has 2 rings (SSSR count). The van der Waals surface area contributed by atoms with Crippen molar-refractivity contribution in [1.82, 2.24) is 10.6 Å². The van der Waals surface area contributed by atoms with Crippen molar-refractivity contribution in [2.75, 3.05) is 14.2 Å². The van der Waals surface area contributed by atoms with E-state index in [1.165, 1.54) is 20.3 Å². The molecule has 9 heteroatoms. The summed E-state index contributed by atoms with van der Waals surface area (Å²) in [5, 5.41) is 5.61. The van der Waals surface area contributed by atoms with E-state index in [2.05, 4.69) is 10.6 Å². The molecule has 0 radical (unpaired) electrons. The lowest BCUT2D eigenvalue weighted by molar-refractivity contribution is -0.143. The molecule has 2 amide bonds. The van der Waals surface area contributed by atoms with Crippen LogP contribution in [0.1, 0.15) is 32.4 Å². The van der Waals surface area contributed by atoms with Crippen molar-refractivity contribution in [1.29, 1.82) is 0 Å². The average Bonchev–Trinajstić information content (AvgIpc) is 2.53. The number of hydrogen-bond acceptors (Lipinski definition) is 5. The van der Waals surface area contributed by atoms with Crippen LogP contribution >= 0.6 is 23.2 Å². The average molecular weight is 403 g/mol. The fraction of sp³-hybridized carbons (Fsp3) is 0.412. The molecule has 1 aliphatic heterocycles. The van der Waals surface area contributed by atoms with E-state index in [9.17, 15) is 9.59 Å². The van der Waals surface area contributed by atoms with Crippen molar-refractivity contribution in [2.45, 2.75) is 32.9 Å². The first-order valence-electron chi connectivity index (χ1n) is 7.80. The predicted octanol–water partition coefficient (Wildman–Crippen LogP) is 3.59. The van der Waals surface area contributed by atoms with Gasteiger partial charge in [0.15, 0.2) is 5.75 Å². The van der Waals surface area contributed by atoms with E-state index in [-0.39, 0.29) is 33.2 Å².